The number of piperazine rings is 1. The molecule has 2 aliphatic heterocycles. The van der Waals surface area contributed by atoms with Crippen molar-refractivity contribution < 1.29 is 14.3 Å². The number of hydrogen-bond acceptors (Lipinski definition) is 3. The number of fused-ring (bicyclic) bond motifs is 1. The lowest BCUT2D eigenvalue weighted by Crippen LogP contribution is -2.52. The molecule has 0 N–H and O–H groups in total. The molecule has 5 heteroatoms. The van der Waals surface area contributed by atoms with E-state index in [4.69, 9.17) is 4.74 Å². The van der Waals surface area contributed by atoms with Crippen molar-refractivity contribution in [1.82, 2.24) is 9.80 Å². The smallest absolute Gasteiger partial charge is 0.253 e. The van der Waals surface area contributed by atoms with Gasteiger partial charge in [0, 0.05) is 37.7 Å². The summed E-state index contributed by atoms with van der Waals surface area (Å²) in [7, 11) is 0. The number of para-hydroxylation sites is 1. The third-order valence-corrected chi connectivity index (χ3v) is 5.74. The molecule has 0 radical (unpaired) electrons. The average molecular weight is 354 g/mol. The van der Waals surface area contributed by atoms with E-state index in [2.05, 4.69) is 0 Å². The molecule has 1 aromatic carbocycles. The molecule has 0 unspecified atom stereocenters. The van der Waals surface area contributed by atoms with Crippen LogP contribution in [0.25, 0.3) is 6.08 Å². The van der Waals surface area contributed by atoms with Gasteiger partial charge in [-0.3, -0.25) is 9.59 Å². The third-order valence-electron chi connectivity index (χ3n) is 5.74. The first-order valence-corrected chi connectivity index (χ1v) is 9.73. The molecule has 1 aliphatic carbocycles. The Hall–Kier alpha value is -2.30. The first kappa shape index (κ1) is 17.1. The standard InChI is InChI=1S/C21H26N2O3/c24-20(16-6-2-1-3-7-16)22-10-12-23(13-11-22)21(25)18-14-17-8-4-5-9-19(17)26-15-18/h4-5,8-9,14,16H,1-3,6-7,10-13,15H2. The normalized spacial score (nSPS) is 20.8. The highest BCUT2D eigenvalue weighted by molar-refractivity contribution is 5.99. The van der Waals surface area contributed by atoms with Crippen molar-refractivity contribution in [2.45, 2.75) is 32.1 Å². The summed E-state index contributed by atoms with van der Waals surface area (Å²) in [5.74, 6) is 1.36. The Kier molecular flexibility index (Phi) is 4.96. The first-order chi connectivity index (χ1) is 12.7. The lowest BCUT2D eigenvalue weighted by Gasteiger charge is -2.37. The molecule has 2 amide bonds. The predicted octanol–water partition coefficient (Wildman–Crippen LogP) is 2.71. The molecular weight excluding hydrogens is 328 g/mol. The van der Waals surface area contributed by atoms with Crippen molar-refractivity contribution in [1.29, 1.82) is 0 Å². The van der Waals surface area contributed by atoms with Crippen molar-refractivity contribution in [3.05, 3.63) is 35.4 Å². The zero-order valence-electron chi connectivity index (χ0n) is 15.2. The molecule has 2 heterocycles. The van der Waals surface area contributed by atoms with Crippen molar-refractivity contribution in [2.75, 3.05) is 32.8 Å². The Morgan fingerprint density at radius 1 is 0.923 bits per heavy atom. The van der Waals surface area contributed by atoms with Gasteiger partial charge in [-0.2, -0.15) is 0 Å². The fourth-order valence-corrected chi connectivity index (χ4v) is 4.18. The van der Waals surface area contributed by atoms with E-state index in [1.165, 1.54) is 19.3 Å². The number of benzene rings is 1. The van der Waals surface area contributed by atoms with E-state index in [9.17, 15) is 9.59 Å². The molecule has 2 fully saturated rings. The van der Waals surface area contributed by atoms with Gasteiger partial charge < -0.3 is 14.5 Å². The average Bonchev–Trinajstić information content (AvgIpc) is 2.73. The SMILES string of the molecule is O=C(C1=Cc2ccccc2OC1)N1CCN(C(=O)C2CCCCC2)CC1. The van der Waals surface area contributed by atoms with Crippen LogP contribution in [0.15, 0.2) is 29.8 Å². The second-order valence-electron chi connectivity index (χ2n) is 7.45. The summed E-state index contributed by atoms with van der Waals surface area (Å²) in [5, 5.41) is 0. The van der Waals surface area contributed by atoms with Gasteiger partial charge in [0.1, 0.15) is 12.4 Å². The number of hydrogen-bond donors (Lipinski definition) is 0. The van der Waals surface area contributed by atoms with Gasteiger partial charge in [-0.15, -0.1) is 0 Å². The lowest BCUT2D eigenvalue weighted by molar-refractivity contribution is -0.141. The van der Waals surface area contributed by atoms with Gasteiger partial charge in [0.05, 0.1) is 5.57 Å². The molecule has 0 spiro atoms. The van der Waals surface area contributed by atoms with E-state index in [-0.39, 0.29) is 11.8 Å². The highest BCUT2D eigenvalue weighted by Crippen LogP contribution is 2.28. The van der Waals surface area contributed by atoms with Crippen molar-refractivity contribution in [3.63, 3.8) is 0 Å². The summed E-state index contributed by atoms with van der Waals surface area (Å²) in [6.07, 6.45) is 7.59. The van der Waals surface area contributed by atoms with Crippen molar-refractivity contribution in [3.8, 4) is 5.75 Å². The summed E-state index contributed by atoms with van der Waals surface area (Å²) in [4.78, 5) is 29.3. The van der Waals surface area contributed by atoms with Crippen LogP contribution < -0.4 is 4.74 Å². The number of nitrogens with zero attached hydrogens (tertiary/aromatic N) is 2. The van der Waals surface area contributed by atoms with Crippen LogP contribution in [-0.2, 0) is 9.59 Å². The van der Waals surface area contributed by atoms with E-state index >= 15 is 0 Å². The molecule has 138 valence electrons. The van der Waals surface area contributed by atoms with Crippen LogP contribution in [0.5, 0.6) is 5.75 Å². The van der Waals surface area contributed by atoms with Gasteiger partial charge in [-0.25, -0.2) is 0 Å². The van der Waals surface area contributed by atoms with Gasteiger partial charge in [0.2, 0.25) is 5.91 Å². The zero-order valence-corrected chi connectivity index (χ0v) is 15.2. The summed E-state index contributed by atoms with van der Waals surface area (Å²) in [5.41, 5.74) is 1.64. The van der Waals surface area contributed by atoms with E-state index in [0.29, 0.717) is 44.3 Å². The molecular formula is C21H26N2O3. The highest BCUT2D eigenvalue weighted by atomic mass is 16.5. The molecule has 0 aromatic heterocycles. The van der Waals surface area contributed by atoms with Crippen LogP contribution in [-0.4, -0.2) is 54.4 Å². The first-order valence-electron chi connectivity index (χ1n) is 9.73. The summed E-state index contributed by atoms with van der Waals surface area (Å²) >= 11 is 0. The monoisotopic (exact) mass is 354 g/mol. The number of ether oxygens (including phenoxy) is 1. The minimum absolute atomic E-state index is 0.0317. The second kappa shape index (κ2) is 7.52. The maximum absolute atomic E-state index is 12.8. The molecule has 1 saturated carbocycles. The summed E-state index contributed by atoms with van der Waals surface area (Å²) in [6, 6.07) is 7.76. The molecule has 4 rings (SSSR count). The molecule has 0 bridgehead atoms. The Morgan fingerprint density at radius 2 is 1.62 bits per heavy atom. The van der Waals surface area contributed by atoms with E-state index < -0.39 is 0 Å². The molecule has 5 nitrogen and oxygen atoms in total. The van der Waals surface area contributed by atoms with Gasteiger partial charge in [-0.1, -0.05) is 37.5 Å². The Bertz CT molecular complexity index is 714. The van der Waals surface area contributed by atoms with Crippen LogP contribution in [0.1, 0.15) is 37.7 Å². The van der Waals surface area contributed by atoms with Crippen LogP contribution >= 0.6 is 0 Å². The van der Waals surface area contributed by atoms with Gasteiger partial charge in [0.15, 0.2) is 0 Å². The summed E-state index contributed by atoms with van der Waals surface area (Å²) in [6.45, 7) is 2.82. The Morgan fingerprint density at radius 3 is 2.38 bits per heavy atom. The lowest BCUT2D eigenvalue weighted by atomic mass is 9.88. The number of rotatable bonds is 2. The van der Waals surface area contributed by atoms with Crippen LogP contribution in [0, 0.1) is 5.92 Å². The Labute approximate surface area is 154 Å². The van der Waals surface area contributed by atoms with Gasteiger partial charge >= 0.3 is 0 Å². The van der Waals surface area contributed by atoms with E-state index in [1.54, 1.807) is 0 Å². The number of carbonyl (C=O) groups excluding carboxylic acids is 2. The number of carbonyl (C=O) groups is 2. The maximum atomic E-state index is 12.8. The summed E-state index contributed by atoms with van der Waals surface area (Å²) < 4.78 is 5.71. The van der Waals surface area contributed by atoms with Crippen molar-refractivity contribution in [2.24, 2.45) is 5.92 Å². The zero-order chi connectivity index (χ0) is 17.9. The topological polar surface area (TPSA) is 49.9 Å². The fourth-order valence-electron chi connectivity index (χ4n) is 4.18. The fraction of sp³-hybridized carbons (Fsp3) is 0.524. The maximum Gasteiger partial charge on any atom is 0.253 e. The minimum Gasteiger partial charge on any atom is -0.488 e. The van der Waals surface area contributed by atoms with Crippen LogP contribution in [0.4, 0.5) is 0 Å². The van der Waals surface area contributed by atoms with Crippen LogP contribution in [0.3, 0.4) is 0 Å². The Balaban J connectivity index is 1.35. The van der Waals surface area contributed by atoms with E-state index in [0.717, 1.165) is 24.2 Å². The van der Waals surface area contributed by atoms with Crippen molar-refractivity contribution >= 4 is 17.9 Å². The predicted molar refractivity (Wildman–Crippen MR) is 99.6 cm³/mol. The molecule has 3 aliphatic rings. The largest absolute Gasteiger partial charge is 0.488 e. The minimum atomic E-state index is 0.0317. The quantitative estimate of drug-likeness (QED) is 0.820. The van der Waals surface area contributed by atoms with Crippen LogP contribution in [0.2, 0.25) is 0 Å². The molecule has 26 heavy (non-hydrogen) atoms. The third kappa shape index (κ3) is 3.48. The van der Waals surface area contributed by atoms with Gasteiger partial charge in [-0.05, 0) is 25.0 Å². The number of amides is 2. The molecule has 1 aromatic rings. The van der Waals surface area contributed by atoms with E-state index in [1.807, 2.05) is 40.1 Å². The second-order valence-corrected chi connectivity index (χ2v) is 7.45. The van der Waals surface area contributed by atoms with Gasteiger partial charge in [0.25, 0.3) is 5.91 Å². The highest BCUT2D eigenvalue weighted by Gasteiger charge is 2.31. The molecule has 0 atom stereocenters. The molecule has 1 saturated heterocycles.